The number of carbonyl (C=O) groups is 1. The summed E-state index contributed by atoms with van der Waals surface area (Å²) in [4.78, 5) is 16.7. The van der Waals surface area contributed by atoms with Crippen LogP contribution in [0.2, 0.25) is 0 Å². The lowest BCUT2D eigenvalue weighted by Crippen LogP contribution is -2.18. The highest BCUT2D eigenvalue weighted by molar-refractivity contribution is 6.00. The Balaban J connectivity index is 1.92. The fraction of sp³-hybridized carbons (Fsp3) is 0.333. The van der Waals surface area contributed by atoms with E-state index in [4.69, 9.17) is 5.73 Å². The number of aromatic nitrogens is 1. The predicted octanol–water partition coefficient (Wildman–Crippen LogP) is 2.54. The van der Waals surface area contributed by atoms with Gasteiger partial charge in [0.05, 0.1) is 5.52 Å². The van der Waals surface area contributed by atoms with Gasteiger partial charge in [-0.1, -0.05) is 18.2 Å². The number of hydrogen-bond donors (Lipinski definition) is 1. The van der Waals surface area contributed by atoms with Gasteiger partial charge in [-0.2, -0.15) is 0 Å². The monoisotopic (exact) mass is 240 g/mol. The topological polar surface area (TPSA) is 56.0 Å². The summed E-state index contributed by atoms with van der Waals surface area (Å²) in [5.41, 5.74) is 7.51. The van der Waals surface area contributed by atoms with Crippen molar-refractivity contribution in [2.75, 3.05) is 0 Å². The van der Waals surface area contributed by atoms with Crippen LogP contribution in [0.25, 0.3) is 10.9 Å². The number of nitrogens with zero attached hydrogens (tertiary/aromatic N) is 1. The summed E-state index contributed by atoms with van der Waals surface area (Å²) in [6.07, 6.45) is 4.37. The number of carbonyl (C=O) groups excluding carboxylic acids is 1. The Labute approximate surface area is 106 Å². The second-order valence-electron chi connectivity index (χ2n) is 5.05. The molecule has 0 radical (unpaired) electrons. The number of ketones is 1. The molecular formula is C15H16N2O. The first-order valence-corrected chi connectivity index (χ1v) is 6.38. The molecule has 1 aliphatic rings. The van der Waals surface area contributed by atoms with Crippen LogP contribution in [-0.2, 0) is 0 Å². The molecule has 18 heavy (non-hydrogen) atoms. The molecule has 1 aromatic carbocycles. The summed E-state index contributed by atoms with van der Waals surface area (Å²) in [7, 11) is 0. The molecule has 2 aromatic rings. The van der Waals surface area contributed by atoms with Gasteiger partial charge in [0.25, 0.3) is 0 Å². The molecular weight excluding hydrogens is 224 g/mol. The minimum absolute atomic E-state index is 0.0861. The van der Waals surface area contributed by atoms with Crippen LogP contribution >= 0.6 is 0 Å². The molecule has 1 aliphatic carbocycles. The van der Waals surface area contributed by atoms with Crippen LogP contribution in [0.15, 0.2) is 36.5 Å². The first-order valence-electron chi connectivity index (χ1n) is 6.38. The van der Waals surface area contributed by atoms with Crippen LogP contribution in [0, 0.1) is 5.92 Å². The van der Waals surface area contributed by atoms with Crippen LogP contribution in [0.3, 0.4) is 0 Å². The zero-order valence-corrected chi connectivity index (χ0v) is 10.2. The summed E-state index contributed by atoms with van der Waals surface area (Å²) in [5, 5.41) is 1.02. The van der Waals surface area contributed by atoms with E-state index >= 15 is 0 Å². The molecule has 3 rings (SSSR count). The minimum atomic E-state index is 0.0861. The largest absolute Gasteiger partial charge is 0.328 e. The number of hydrogen-bond acceptors (Lipinski definition) is 3. The van der Waals surface area contributed by atoms with Crippen LogP contribution in [0.1, 0.15) is 29.6 Å². The number of nitrogens with two attached hydrogens (primary N) is 1. The third kappa shape index (κ3) is 2.02. The van der Waals surface area contributed by atoms with Gasteiger partial charge in [0.1, 0.15) is 0 Å². The van der Waals surface area contributed by atoms with E-state index in [1.54, 1.807) is 6.20 Å². The summed E-state index contributed by atoms with van der Waals surface area (Å²) >= 11 is 0. The van der Waals surface area contributed by atoms with E-state index in [1.807, 2.05) is 30.3 Å². The molecule has 1 heterocycles. The van der Waals surface area contributed by atoms with Crippen molar-refractivity contribution in [3.63, 3.8) is 0 Å². The molecule has 1 aromatic heterocycles. The minimum Gasteiger partial charge on any atom is -0.328 e. The highest BCUT2D eigenvalue weighted by atomic mass is 16.1. The van der Waals surface area contributed by atoms with Crippen molar-refractivity contribution in [3.05, 3.63) is 42.1 Å². The van der Waals surface area contributed by atoms with Gasteiger partial charge in [-0.25, -0.2) is 0 Å². The summed E-state index contributed by atoms with van der Waals surface area (Å²) in [6, 6.07) is 9.98. The highest BCUT2D eigenvalue weighted by Crippen LogP contribution is 2.28. The Bertz CT molecular complexity index is 594. The molecule has 0 bridgehead atoms. The third-order valence-electron chi connectivity index (χ3n) is 3.72. The quantitative estimate of drug-likeness (QED) is 0.821. The van der Waals surface area contributed by atoms with Crippen molar-refractivity contribution in [2.24, 2.45) is 11.7 Å². The molecule has 0 amide bonds. The van der Waals surface area contributed by atoms with Crippen molar-refractivity contribution in [1.82, 2.24) is 4.98 Å². The Hall–Kier alpha value is -1.74. The van der Waals surface area contributed by atoms with Crippen molar-refractivity contribution in [3.8, 4) is 0 Å². The van der Waals surface area contributed by atoms with Crippen LogP contribution in [0.5, 0.6) is 0 Å². The molecule has 92 valence electrons. The molecule has 0 spiro atoms. The van der Waals surface area contributed by atoms with Crippen LogP contribution < -0.4 is 5.73 Å². The predicted molar refractivity (Wildman–Crippen MR) is 71.4 cm³/mol. The average molecular weight is 240 g/mol. The van der Waals surface area contributed by atoms with Crippen molar-refractivity contribution in [2.45, 2.75) is 25.3 Å². The number of pyridine rings is 1. The molecule has 0 aliphatic heterocycles. The molecule has 2 atom stereocenters. The van der Waals surface area contributed by atoms with E-state index in [9.17, 15) is 4.79 Å². The van der Waals surface area contributed by atoms with Gasteiger partial charge in [-0.05, 0) is 31.4 Å². The second kappa shape index (κ2) is 4.50. The Kier molecular flexibility index (Phi) is 2.84. The second-order valence-corrected chi connectivity index (χ2v) is 5.05. The summed E-state index contributed by atoms with van der Waals surface area (Å²) in [5.74, 6) is 0.282. The van der Waals surface area contributed by atoms with Gasteiger partial charge >= 0.3 is 0 Å². The lowest BCUT2D eigenvalue weighted by molar-refractivity contribution is 0.0921. The number of benzene rings is 1. The first kappa shape index (κ1) is 11.4. The van der Waals surface area contributed by atoms with Crippen LogP contribution in [-0.4, -0.2) is 16.8 Å². The molecule has 2 N–H and O–H groups in total. The highest BCUT2D eigenvalue weighted by Gasteiger charge is 2.28. The van der Waals surface area contributed by atoms with Crippen molar-refractivity contribution >= 4 is 16.7 Å². The number of para-hydroxylation sites is 1. The van der Waals surface area contributed by atoms with Gasteiger partial charge in [-0.15, -0.1) is 0 Å². The molecule has 2 unspecified atom stereocenters. The SMILES string of the molecule is NC1CCC(C(=O)c2cnc3ccccc3c2)C1. The van der Waals surface area contributed by atoms with E-state index in [0.29, 0.717) is 5.56 Å². The third-order valence-corrected chi connectivity index (χ3v) is 3.72. The standard InChI is InChI=1S/C15H16N2O/c16-13-6-5-11(8-13)15(18)12-7-10-3-1-2-4-14(10)17-9-12/h1-4,7,9,11,13H,5-6,8,16H2. The van der Waals surface area contributed by atoms with E-state index < -0.39 is 0 Å². The molecule has 3 heteroatoms. The van der Waals surface area contributed by atoms with Gasteiger partial charge in [0.15, 0.2) is 5.78 Å². The van der Waals surface area contributed by atoms with Crippen molar-refractivity contribution in [1.29, 1.82) is 0 Å². The molecule has 1 saturated carbocycles. The van der Waals surface area contributed by atoms with Crippen molar-refractivity contribution < 1.29 is 4.79 Å². The smallest absolute Gasteiger partial charge is 0.167 e. The van der Waals surface area contributed by atoms with Gasteiger partial charge < -0.3 is 5.73 Å². The van der Waals surface area contributed by atoms with E-state index in [2.05, 4.69) is 4.98 Å². The summed E-state index contributed by atoms with van der Waals surface area (Å²) < 4.78 is 0. The fourth-order valence-electron chi connectivity index (χ4n) is 2.70. The fourth-order valence-corrected chi connectivity index (χ4v) is 2.70. The Morgan fingerprint density at radius 2 is 2.11 bits per heavy atom. The zero-order valence-electron chi connectivity index (χ0n) is 10.2. The van der Waals surface area contributed by atoms with E-state index in [0.717, 1.165) is 30.2 Å². The maximum atomic E-state index is 12.3. The Morgan fingerprint density at radius 1 is 1.28 bits per heavy atom. The normalized spacial score (nSPS) is 23.4. The molecule has 0 saturated heterocycles. The first-order chi connectivity index (χ1) is 8.74. The maximum Gasteiger partial charge on any atom is 0.167 e. The number of fused-ring (bicyclic) bond motifs is 1. The average Bonchev–Trinajstić information content (AvgIpc) is 2.84. The molecule has 3 nitrogen and oxygen atoms in total. The zero-order chi connectivity index (χ0) is 12.5. The van der Waals surface area contributed by atoms with E-state index in [-0.39, 0.29) is 17.7 Å². The maximum absolute atomic E-state index is 12.3. The van der Waals surface area contributed by atoms with Gasteiger partial charge in [-0.3, -0.25) is 9.78 Å². The lowest BCUT2D eigenvalue weighted by atomic mass is 9.96. The van der Waals surface area contributed by atoms with Gasteiger partial charge in [0, 0.05) is 29.1 Å². The Morgan fingerprint density at radius 3 is 2.89 bits per heavy atom. The van der Waals surface area contributed by atoms with E-state index in [1.165, 1.54) is 0 Å². The number of Topliss-reactive ketones (excluding diaryl/α,β-unsaturated/α-hetero) is 1. The lowest BCUT2D eigenvalue weighted by Gasteiger charge is -2.08. The van der Waals surface area contributed by atoms with Gasteiger partial charge in [0.2, 0.25) is 0 Å². The number of rotatable bonds is 2. The van der Waals surface area contributed by atoms with Crippen LogP contribution in [0.4, 0.5) is 0 Å². The summed E-state index contributed by atoms with van der Waals surface area (Å²) in [6.45, 7) is 0. The molecule has 1 fully saturated rings.